The molecule has 0 N–H and O–H groups in total. The largest absolute Gasteiger partial charge is 0.455 e. The molecule has 6 nitrogen and oxygen atoms in total. The van der Waals surface area contributed by atoms with Crippen LogP contribution in [0.3, 0.4) is 0 Å². The van der Waals surface area contributed by atoms with Gasteiger partial charge in [-0.25, -0.2) is 4.85 Å². The van der Waals surface area contributed by atoms with Crippen LogP contribution in [0, 0.1) is 17.9 Å². The highest BCUT2D eigenvalue weighted by Crippen LogP contribution is 2.44. The molecule has 2 aromatic heterocycles. The summed E-state index contributed by atoms with van der Waals surface area (Å²) >= 11 is 0. The summed E-state index contributed by atoms with van der Waals surface area (Å²) < 4.78 is 13.5. The van der Waals surface area contributed by atoms with E-state index in [2.05, 4.69) is 170 Å². The van der Waals surface area contributed by atoms with Crippen LogP contribution < -0.4 is 9.80 Å². The molecule has 0 atom stereocenters. The van der Waals surface area contributed by atoms with Crippen LogP contribution in [0.4, 0.5) is 39.8 Å². The zero-order valence-corrected chi connectivity index (χ0v) is 35.9. The van der Waals surface area contributed by atoms with E-state index in [1.54, 1.807) is 0 Å². The summed E-state index contributed by atoms with van der Waals surface area (Å²) in [5, 5.41) is 17.8. The second-order valence-electron chi connectivity index (χ2n) is 17.2. The quantitative estimate of drug-likeness (QED) is 0.143. The van der Waals surface area contributed by atoms with Crippen molar-refractivity contribution in [1.82, 2.24) is 0 Å². The third kappa shape index (κ3) is 6.48. The average molecular weight is 827 g/mol. The molecule has 0 saturated carbocycles. The topological polar surface area (TPSA) is 60.9 Å². The predicted molar refractivity (Wildman–Crippen MR) is 265 cm³/mol. The maximum Gasteiger partial charge on any atom is 0.187 e. The summed E-state index contributed by atoms with van der Waals surface area (Å²) in [5.41, 5.74) is 13.2. The zero-order valence-electron chi connectivity index (χ0n) is 35.9. The van der Waals surface area contributed by atoms with Crippen LogP contribution in [0.2, 0.25) is 0 Å². The number of nitriles is 1. The van der Waals surface area contributed by atoms with Gasteiger partial charge in [0.1, 0.15) is 22.3 Å². The summed E-state index contributed by atoms with van der Waals surface area (Å²) in [6, 6.07) is 61.1. The normalized spacial score (nSPS) is 11.7. The third-order valence-electron chi connectivity index (χ3n) is 12.6. The van der Waals surface area contributed by atoms with Crippen molar-refractivity contribution in [3.05, 3.63) is 198 Å². The molecule has 0 bridgehead atoms. The van der Waals surface area contributed by atoms with Crippen LogP contribution in [0.5, 0.6) is 0 Å². The van der Waals surface area contributed by atoms with Gasteiger partial charge in [-0.1, -0.05) is 76.2 Å². The monoisotopic (exact) mass is 826 g/mol. The van der Waals surface area contributed by atoms with Gasteiger partial charge in [-0.3, -0.25) is 0 Å². The lowest BCUT2D eigenvalue weighted by Crippen LogP contribution is -2.10. The van der Waals surface area contributed by atoms with Crippen molar-refractivity contribution >= 4 is 105 Å². The van der Waals surface area contributed by atoms with Crippen LogP contribution in [-0.4, -0.2) is 0 Å². The minimum atomic E-state index is 0.430. The van der Waals surface area contributed by atoms with Crippen molar-refractivity contribution in [2.24, 2.45) is 0 Å². The molecule has 306 valence electrons. The van der Waals surface area contributed by atoms with Gasteiger partial charge in [0.15, 0.2) is 5.69 Å². The molecule has 0 fully saturated rings. The molecule has 0 amide bonds. The summed E-state index contributed by atoms with van der Waals surface area (Å²) in [7, 11) is 0. The SMILES string of the molecule is [C-]#[N+]c1ccc(N(c2ccc(C(C)C)cc2)c2ccc3c(ccc4c5cc6oc7c8ccc(N(c9ccc(C#N)cc9)c9ccc(C(C)C)cc9)cc8ccc7c6cc5oc34)c2)cc1. The van der Waals surface area contributed by atoms with Crippen molar-refractivity contribution in [2.45, 2.75) is 39.5 Å². The highest BCUT2D eigenvalue weighted by Gasteiger charge is 2.20. The average Bonchev–Trinajstić information content (AvgIpc) is 3.89. The van der Waals surface area contributed by atoms with Crippen molar-refractivity contribution in [3.63, 3.8) is 0 Å². The van der Waals surface area contributed by atoms with E-state index in [9.17, 15) is 5.26 Å². The molecule has 0 saturated heterocycles. The third-order valence-corrected chi connectivity index (χ3v) is 12.6. The number of hydrogen-bond donors (Lipinski definition) is 0. The first-order chi connectivity index (χ1) is 31.2. The molecule has 0 aliphatic heterocycles. The molecule has 0 aliphatic rings. The highest BCUT2D eigenvalue weighted by molar-refractivity contribution is 6.21. The van der Waals surface area contributed by atoms with E-state index in [4.69, 9.17) is 15.4 Å². The van der Waals surface area contributed by atoms with Gasteiger partial charge in [0.2, 0.25) is 0 Å². The van der Waals surface area contributed by atoms with Crippen LogP contribution in [0.15, 0.2) is 179 Å². The first-order valence-corrected chi connectivity index (χ1v) is 21.7. The first kappa shape index (κ1) is 38.6. The van der Waals surface area contributed by atoms with Gasteiger partial charge in [0.05, 0.1) is 18.2 Å². The van der Waals surface area contributed by atoms with Crippen molar-refractivity contribution < 1.29 is 8.83 Å². The van der Waals surface area contributed by atoms with E-state index in [0.717, 1.165) is 99.5 Å². The summed E-state index contributed by atoms with van der Waals surface area (Å²) in [4.78, 5) is 8.09. The maximum absolute atomic E-state index is 9.50. The Labute approximate surface area is 371 Å². The molecule has 64 heavy (non-hydrogen) atoms. The van der Waals surface area contributed by atoms with Crippen molar-refractivity contribution in [3.8, 4) is 6.07 Å². The molecule has 0 spiro atoms. The molecule has 11 rings (SSSR count). The first-order valence-electron chi connectivity index (χ1n) is 21.7. The standard InChI is InChI=1S/C58H42N4O2/c1-35(2)38-8-18-44(19-9-38)61(43-16-6-37(34-59)7-17-43)47-24-28-49-40(30-47)12-26-51-53-32-56-54(33-55(53)63-57(49)51)52-27-13-41-31-48(25-29-50(41)58(52)64-56)62(46-22-14-42(60-5)15-23-46)45-20-10-39(11-21-45)36(3)4/h6-33,35-36H,1-4H3. The van der Waals surface area contributed by atoms with Crippen molar-refractivity contribution in [1.29, 1.82) is 5.26 Å². The smallest absolute Gasteiger partial charge is 0.187 e. The molecule has 2 heterocycles. The Balaban J connectivity index is 0.982. The van der Waals surface area contributed by atoms with Gasteiger partial charge in [-0.2, -0.15) is 5.26 Å². The maximum atomic E-state index is 9.50. The second-order valence-corrected chi connectivity index (χ2v) is 17.2. The lowest BCUT2D eigenvalue weighted by atomic mass is 10.0. The van der Waals surface area contributed by atoms with Crippen LogP contribution in [0.25, 0.3) is 70.3 Å². The number of anilines is 6. The number of rotatable bonds is 8. The Morgan fingerprint density at radius 1 is 0.438 bits per heavy atom. The number of nitrogens with zero attached hydrogens (tertiary/aromatic N) is 4. The number of furan rings is 2. The molecular weight excluding hydrogens is 785 g/mol. The Bertz CT molecular complexity index is 3430. The molecule has 11 aromatic rings. The van der Waals surface area contributed by atoms with E-state index >= 15 is 0 Å². The van der Waals surface area contributed by atoms with Gasteiger partial charge in [0.25, 0.3) is 0 Å². The zero-order chi connectivity index (χ0) is 43.6. The second kappa shape index (κ2) is 15.2. The van der Waals surface area contributed by atoms with Gasteiger partial charge in [-0.15, -0.1) is 0 Å². The lowest BCUT2D eigenvalue weighted by molar-refractivity contribution is 0.667. The van der Waals surface area contributed by atoms with E-state index in [1.165, 1.54) is 11.1 Å². The summed E-state index contributed by atoms with van der Waals surface area (Å²) in [6.07, 6.45) is 0. The Morgan fingerprint density at radius 2 is 0.812 bits per heavy atom. The fraction of sp³-hybridized carbons (Fsp3) is 0.103. The Hall–Kier alpha value is -8.32. The minimum absolute atomic E-state index is 0.430. The lowest BCUT2D eigenvalue weighted by Gasteiger charge is -2.26. The van der Waals surface area contributed by atoms with Crippen molar-refractivity contribution in [2.75, 3.05) is 9.80 Å². The predicted octanol–water partition coefficient (Wildman–Crippen LogP) is 17.4. The summed E-state index contributed by atoms with van der Waals surface area (Å²) in [5.74, 6) is 0.863. The van der Waals surface area contributed by atoms with Crippen LogP contribution in [0.1, 0.15) is 56.2 Å². The van der Waals surface area contributed by atoms with Gasteiger partial charge >= 0.3 is 0 Å². The van der Waals surface area contributed by atoms with Gasteiger partial charge < -0.3 is 18.6 Å². The fourth-order valence-corrected chi connectivity index (χ4v) is 9.14. The molecular formula is C58H42N4O2. The van der Waals surface area contributed by atoms with Crippen LogP contribution >= 0.6 is 0 Å². The van der Waals surface area contributed by atoms with Crippen LogP contribution in [-0.2, 0) is 0 Å². The van der Waals surface area contributed by atoms with Gasteiger partial charge in [0, 0.05) is 66.4 Å². The number of hydrogen-bond acceptors (Lipinski definition) is 5. The molecule has 0 aliphatic carbocycles. The highest BCUT2D eigenvalue weighted by atomic mass is 16.3. The number of benzene rings is 9. The molecule has 0 radical (unpaired) electrons. The van der Waals surface area contributed by atoms with E-state index in [0.29, 0.717) is 23.1 Å². The Morgan fingerprint density at radius 3 is 1.20 bits per heavy atom. The molecule has 6 heteroatoms. The minimum Gasteiger partial charge on any atom is -0.455 e. The summed E-state index contributed by atoms with van der Waals surface area (Å²) in [6.45, 7) is 16.3. The molecule has 0 unspecified atom stereocenters. The van der Waals surface area contributed by atoms with E-state index < -0.39 is 0 Å². The van der Waals surface area contributed by atoms with E-state index in [1.807, 2.05) is 48.5 Å². The Kier molecular flexibility index (Phi) is 9.19. The van der Waals surface area contributed by atoms with Gasteiger partial charge in [-0.05, 0) is 155 Å². The fourth-order valence-electron chi connectivity index (χ4n) is 9.14. The number of fused-ring (bicyclic) bond motifs is 10. The molecule has 9 aromatic carbocycles. The van der Waals surface area contributed by atoms with E-state index in [-0.39, 0.29) is 0 Å².